The maximum atomic E-state index is 3.72. The van der Waals surface area contributed by atoms with Gasteiger partial charge in [0.2, 0.25) is 0 Å². The fraction of sp³-hybridized carbons (Fsp3) is 0.636. The molecule has 0 bridgehead atoms. The van der Waals surface area contributed by atoms with Gasteiger partial charge in [-0.1, -0.05) is 17.9 Å². The smallest absolute Gasteiger partial charge is 0.0292 e. The quantitative estimate of drug-likeness (QED) is 0.417. The van der Waals surface area contributed by atoms with Crippen molar-refractivity contribution in [3.05, 3.63) is 12.7 Å². The molecule has 0 aliphatic heterocycles. The summed E-state index contributed by atoms with van der Waals surface area (Å²) in [6, 6.07) is 0. The van der Waals surface area contributed by atoms with Crippen molar-refractivity contribution in [2.45, 2.75) is 33.1 Å². The van der Waals surface area contributed by atoms with Crippen LogP contribution in [-0.4, -0.2) is 0 Å². The van der Waals surface area contributed by atoms with Gasteiger partial charge in [-0.25, -0.2) is 0 Å². The molecule has 0 aromatic heterocycles. The van der Waals surface area contributed by atoms with Crippen LogP contribution >= 0.6 is 0 Å². The van der Waals surface area contributed by atoms with E-state index >= 15 is 0 Å². The Labute approximate surface area is 69.7 Å². The van der Waals surface area contributed by atoms with E-state index in [4.69, 9.17) is 0 Å². The highest BCUT2D eigenvalue weighted by Gasteiger charge is 2.19. The summed E-state index contributed by atoms with van der Waals surface area (Å²) in [5, 5.41) is 0. The molecule has 0 heterocycles. The van der Waals surface area contributed by atoms with E-state index in [0.29, 0.717) is 0 Å². The van der Waals surface area contributed by atoms with E-state index in [1.165, 1.54) is 12.8 Å². The number of hydrogen-bond donors (Lipinski definition) is 0. The summed E-state index contributed by atoms with van der Waals surface area (Å²) in [5.41, 5.74) is 0.143. The van der Waals surface area contributed by atoms with E-state index < -0.39 is 0 Å². The van der Waals surface area contributed by atoms with Gasteiger partial charge in [-0.05, 0) is 33.1 Å². The predicted molar refractivity (Wildman–Crippen MR) is 49.1 cm³/mol. The molecule has 0 aromatic rings. The van der Waals surface area contributed by atoms with Crippen LogP contribution in [0.5, 0.6) is 0 Å². The highest BCUT2D eigenvalue weighted by molar-refractivity contribution is 5.15. The third-order valence-electron chi connectivity index (χ3n) is 1.85. The first kappa shape index (κ1) is 8.40. The lowest BCUT2D eigenvalue weighted by atomic mass is 9.90. The summed E-state index contributed by atoms with van der Waals surface area (Å²) in [7, 11) is 0. The second-order valence-corrected chi connectivity index (χ2v) is 3.92. The average molecular weight is 148 g/mol. The van der Waals surface area contributed by atoms with Gasteiger partial charge in [-0.15, -0.1) is 6.58 Å². The molecule has 0 aromatic carbocycles. The van der Waals surface area contributed by atoms with Gasteiger partial charge in [0.15, 0.2) is 0 Å². The van der Waals surface area contributed by atoms with Crippen LogP contribution in [0.1, 0.15) is 33.1 Å². The van der Waals surface area contributed by atoms with Crippen LogP contribution < -0.4 is 0 Å². The van der Waals surface area contributed by atoms with Gasteiger partial charge in [0.1, 0.15) is 0 Å². The van der Waals surface area contributed by atoms with E-state index in [1.54, 1.807) is 0 Å². The molecular weight excluding hydrogens is 132 g/mol. The molecule has 0 amide bonds. The second kappa shape index (κ2) is 3.13. The van der Waals surface area contributed by atoms with Crippen molar-refractivity contribution < 1.29 is 0 Å². The van der Waals surface area contributed by atoms with Crippen molar-refractivity contribution in [3.63, 3.8) is 0 Å². The van der Waals surface area contributed by atoms with Gasteiger partial charge in [0, 0.05) is 11.3 Å². The fourth-order valence-corrected chi connectivity index (χ4v) is 0.937. The molecular formula is C11H16. The van der Waals surface area contributed by atoms with Crippen LogP contribution in [-0.2, 0) is 0 Å². The van der Waals surface area contributed by atoms with Crippen molar-refractivity contribution in [3.8, 4) is 11.8 Å². The monoisotopic (exact) mass is 148 g/mol. The van der Waals surface area contributed by atoms with Crippen LogP contribution in [0, 0.1) is 23.2 Å². The summed E-state index contributed by atoms with van der Waals surface area (Å²) in [5.74, 6) is 7.31. The van der Waals surface area contributed by atoms with Gasteiger partial charge in [-0.3, -0.25) is 0 Å². The highest BCUT2D eigenvalue weighted by Crippen LogP contribution is 2.29. The third kappa shape index (κ3) is 3.28. The Kier molecular flexibility index (Phi) is 2.39. The van der Waals surface area contributed by atoms with Crippen LogP contribution in [0.25, 0.3) is 0 Å². The number of rotatable bonds is 2. The maximum Gasteiger partial charge on any atom is 0.0292 e. The van der Waals surface area contributed by atoms with Crippen molar-refractivity contribution >= 4 is 0 Å². The number of allylic oxidation sites excluding steroid dienone is 1. The van der Waals surface area contributed by atoms with Gasteiger partial charge in [0.25, 0.3) is 0 Å². The molecule has 1 fully saturated rings. The molecule has 0 radical (unpaired) electrons. The van der Waals surface area contributed by atoms with E-state index in [9.17, 15) is 0 Å². The highest BCUT2D eigenvalue weighted by atomic mass is 14.2. The Morgan fingerprint density at radius 2 is 2.18 bits per heavy atom. The first-order valence-electron chi connectivity index (χ1n) is 4.28. The maximum absolute atomic E-state index is 3.72. The Balaban J connectivity index is 2.44. The predicted octanol–water partition coefficient (Wildman–Crippen LogP) is 3.00. The van der Waals surface area contributed by atoms with Crippen molar-refractivity contribution in [2.24, 2.45) is 11.3 Å². The second-order valence-electron chi connectivity index (χ2n) is 3.92. The normalized spacial score (nSPS) is 16.9. The van der Waals surface area contributed by atoms with Crippen molar-refractivity contribution in [1.29, 1.82) is 0 Å². The van der Waals surface area contributed by atoms with Crippen LogP contribution in [0.4, 0.5) is 0 Å². The lowest BCUT2D eigenvalue weighted by molar-refractivity contribution is 0.512. The van der Waals surface area contributed by atoms with Crippen LogP contribution in [0.15, 0.2) is 12.7 Å². The van der Waals surface area contributed by atoms with Gasteiger partial charge in [-0.2, -0.15) is 0 Å². The topological polar surface area (TPSA) is 0 Å². The SMILES string of the molecule is C=CCC(C)(C)C#CC1CC1. The summed E-state index contributed by atoms with van der Waals surface area (Å²) < 4.78 is 0. The molecule has 0 atom stereocenters. The van der Waals surface area contributed by atoms with Crippen LogP contribution in [0.3, 0.4) is 0 Å². The lowest BCUT2D eigenvalue weighted by Crippen LogP contribution is -2.05. The Morgan fingerprint density at radius 3 is 2.64 bits per heavy atom. The molecule has 1 rings (SSSR count). The first-order valence-corrected chi connectivity index (χ1v) is 4.28. The zero-order chi connectivity index (χ0) is 8.32. The van der Waals surface area contributed by atoms with Gasteiger partial charge in [0.05, 0.1) is 0 Å². The van der Waals surface area contributed by atoms with Gasteiger partial charge < -0.3 is 0 Å². The Hall–Kier alpha value is -0.700. The zero-order valence-corrected chi connectivity index (χ0v) is 7.48. The molecule has 0 nitrogen and oxygen atoms in total. The zero-order valence-electron chi connectivity index (χ0n) is 7.48. The summed E-state index contributed by atoms with van der Waals surface area (Å²) in [6.45, 7) is 8.06. The van der Waals surface area contributed by atoms with E-state index in [1.807, 2.05) is 6.08 Å². The standard InChI is InChI=1S/C11H16/c1-4-8-11(2,3)9-7-10-5-6-10/h4,10H,1,5-6,8H2,2-3H3. The molecule has 11 heavy (non-hydrogen) atoms. The summed E-state index contributed by atoms with van der Waals surface area (Å²) >= 11 is 0. The first-order chi connectivity index (χ1) is 5.14. The van der Waals surface area contributed by atoms with E-state index in [0.717, 1.165) is 12.3 Å². The summed E-state index contributed by atoms with van der Waals surface area (Å²) in [6.07, 6.45) is 5.57. The van der Waals surface area contributed by atoms with Crippen molar-refractivity contribution in [1.82, 2.24) is 0 Å². The Bertz CT molecular complexity index is 196. The minimum Gasteiger partial charge on any atom is -0.103 e. The molecule has 60 valence electrons. The largest absolute Gasteiger partial charge is 0.103 e. The van der Waals surface area contributed by atoms with Crippen LogP contribution in [0.2, 0.25) is 0 Å². The summed E-state index contributed by atoms with van der Waals surface area (Å²) in [4.78, 5) is 0. The third-order valence-corrected chi connectivity index (χ3v) is 1.85. The molecule has 0 heteroatoms. The Morgan fingerprint density at radius 1 is 1.55 bits per heavy atom. The molecule has 0 saturated heterocycles. The number of hydrogen-bond acceptors (Lipinski definition) is 0. The van der Waals surface area contributed by atoms with Gasteiger partial charge >= 0.3 is 0 Å². The fourth-order valence-electron chi connectivity index (χ4n) is 0.937. The van der Waals surface area contributed by atoms with Crippen molar-refractivity contribution in [2.75, 3.05) is 0 Å². The average Bonchev–Trinajstić information content (AvgIpc) is 2.65. The van der Waals surface area contributed by atoms with E-state index in [2.05, 4.69) is 32.3 Å². The molecule has 0 spiro atoms. The minimum atomic E-state index is 0.143. The van der Waals surface area contributed by atoms with E-state index in [-0.39, 0.29) is 5.41 Å². The molecule has 1 aliphatic carbocycles. The molecule has 1 aliphatic rings. The molecule has 1 saturated carbocycles. The molecule has 0 N–H and O–H groups in total. The minimum absolute atomic E-state index is 0.143. The lowest BCUT2D eigenvalue weighted by Gasteiger charge is -2.13. The molecule has 0 unspecified atom stereocenters.